The summed E-state index contributed by atoms with van der Waals surface area (Å²) in [5.41, 5.74) is 0.232. The molecule has 1 aliphatic heterocycles. The van der Waals surface area contributed by atoms with Gasteiger partial charge in [0.15, 0.2) is 16.8 Å². The lowest BCUT2D eigenvalue weighted by atomic mass is 10.2. The number of benzene rings is 1. The first kappa shape index (κ1) is 18.4. The van der Waals surface area contributed by atoms with Gasteiger partial charge in [-0.15, -0.1) is 11.3 Å². The van der Waals surface area contributed by atoms with Gasteiger partial charge in [-0.05, 0) is 38.7 Å². The second-order valence-corrected chi connectivity index (χ2v) is 7.14. The van der Waals surface area contributed by atoms with Crippen LogP contribution in [-0.2, 0) is 0 Å². The highest BCUT2D eigenvalue weighted by Crippen LogP contribution is 2.21. The van der Waals surface area contributed by atoms with E-state index in [1.165, 1.54) is 6.07 Å². The minimum Gasteiger partial charge on any atom is -0.336 e. The van der Waals surface area contributed by atoms with E-state index in [-0.39, 0.29) is 22.3 Å². The molecule has 1 atom stereocenters. The summed E-state index contributed by atoms with van der Waals surface area (Å²) < 4.78 is 26.2. The molecule has 1 aliphatic rings. The van der Waals surface area contributed by atoms with Crippen molar-refractivity contribution in [2.45, 2.75) is 12.5 Å². The highest BCUT2D eigenvalue weighted by atomic mass is 32.1. The Kier molecular flexibility index (Phi) is 5.28. The Bertz CT molecular complexity index is 840. The molecule has 0 saturated carbocycles. The van der Waals surface area contributed by atoms with Crippen LogP contribution in [0.4, 0.5) is 13.9 Å². The van der Waals surface area contributed by atoms with Crippen LogP contribution in [0.2, 0.25) is 0 Å². The summed E-state index contributed by atoms with van der Waals surface area (Å²) >= 11 is 1.11. The number of thiazole rings is 1. The molecule has 0 spiro atoms. The first-order chi connectivity index (χ1) is 12.3. The van der Waals surface area contributed by atoms with E-state index in [1.54, 1.807) is 10.3 Å². The van der Waals surface area contributed by atoms with E-state index in [9.17, 15) is 18.4 Å². The quantitative estimate of drug-likeness (QED) is 0.885. The van der Waals surface area contributed by atoms with Crippen molar-refractivity contribution in [2.24, 2.45) is 0 Å². The van der Waals surface area contributed by atoms with Gasteiger partial charge in [-0.3, -0.25) is 14.9 Å². The second-order valence-electron chi connectivity index (χ2n) is 6.28. The summed E-state index contributed by atoms with van der Waals surface area (Å²) in [7, 11) is 3.96. The van der Waals surface area contributed by atoms with Crippen LogP contribution in [0, 0.1) is 11.6 Å². The molecule has 3 rings (SSSR count). The monoisotopic (exact) mass is 380 g/mol. The van der Waals surface area contributed by atoms with Gasteiger partial charge in [0.05, 0.1) is 0 Å². The van der Waals surface area contributed by atoms with E-state index in [2.05, 4.69) is 15.2 Å². The molecule has 0 aliphatic carbocycles. The second kappa shape index (κ2) is 7.46. The van der Waals surface area contributed by atoms with Crippen LogP contribution in [0.15, 0.2) is 23.6 Å². The zero-order chi connectivity index (χ0) is 18.8. The Morgan fingerprint density at radius 1 is 1.31 bits per heavy atom. The molecular formula is C17H18F2N4O2S. The Morgan fingerprint density at radius 2 is 2.08 bits per heavy atom. The fourth-order valence-electron chi connectivity index (χ4n) is 2.75. The molecular weight excluding hydrogens is 362 g/mol. The normalized spacial score (nSPS) is 17.0. The number of hydrogen-bond donors (Lipinski definition) is 1. The molecule has 138 valence electrons. The maximum atomic E-state index is 13.2. The number of aromatic nitrogens is 1. The van der Waals surface area contributed by atoms with Crippen molar-refractivity contribution in [3.63, 3.8) is 0 Å². The smallest absolute Gasteiger partial charge is 0.273 e. The maximum absolute atomic E-state index is 13.2. The third kappa shape index (κ3) is 3.88. The fourth-order valence-corrected chi connectivity index (χ4v) is 3.43. The number of halogens is 2. The van der Waals surface area contributed by atoms with Crippen molar-refractivity contribution in [3.05, 3.63) is 46.5 Å². The van der Waals surface area contributed by atoms with E-state index in [0.717, 1.165) is 29.9 Å². The topological polar surface area (TPSA) is 65.5 Å². The van der Waals surface area contributed by atoms with Gasteiger partial charge >= 0.3 is 0 Å². The van der Waals surface area contributed by atoms with Crippen LogP contribution in [0.1, 0.15) is 27.3 Å². The third-order valence-electron chi connectivity index (χ3n) is 4.31. The van der Waals surface area contributed by atoms with Crippen molar-refractivity contribution in [1.29, 1.82) is 0 Å². The third-order valence-corrected chi connectivity index (χ3v) is 5.06. The molecule has 26 heavy (non-hydrogen) atoms. The lowest BCUT2D eigenvalue weighted by molar-refractivity contribution is 0.0777. The molecule has 1 aromatic heterocycles. The van der Waals surface area contributed by atoms with Crippen LogP contribution in [-0.4, -0.2) is 59.8 Å². The predicted molar refractivity (Wildman–Crippen MR) is 94.4 cm³/mol. The van der Waals surface area contributed by atoms with E-state index < -0.39 is 17.5 Å². The van der Waals surface area contributed by atoms with Gasteiger partial charge in [-0.2, -0.15) is 0 Å². The van der Waals surface area contributed by atoms with Gasteiger partial charge in [0.2, 0.25) is 0 Å². The molecule has 1 N–H and O–H groups in total. The molecule has 1 saturated heterocycles. The summed E-state index contributed by atoms with van der Waals surface area (Å²) in [6, 6.07) is 3.20. The van der Waals surface area contributed by atoms with E-state index in [4.69, 9.17) is 0 Å². The predicted octanol–water partition coefficient (Wildman–Crippen LogP) is 2.45. The lowest BCUT2D eigenvalue weighted by Crippen LogP contribution is -2.34. The lowest BCUT2D eigenvalue weighted by Gasteiger charge is -2.19. The zero-order valence-electron chi connectivity index (χ0n) is 14.3. The van der Waals surface area contributed by atoms with Crippen LogP contribution >= 0.6 is 11.3 Å². The minimum atomic E-state index is -1.10. The average Bonchev–Trinajstić information content (AvgIpc) is 3.26. The average molecular weight is 380 g/mol. The number of nitrogens with one attached hydrogen (secondary N) is 1. The molecule has 1 aromatic carbocycles. The summed E-state index contributed by atoms with van der Waals surface area (Å²) in [6.07, 6.45) is 0.905. The Balaban J connectivity index is 1.65. The van der Waals surface area contributed by atoms with Crippen LogP contribution < -0.4 is 5.32 Å². The Morgan fingerprint density at radius 3 is 2.73 bits per heavy atom. The SMILES string of the molecule is CN(C)[C@@H]1CCN(C(=O)c2csc(NC(=O)c3ccc(F)c(F)c3)n2)C1. The van der Waals surface area contributed by atoms with Crippen LogP contribution in [0.25, 0.3) is 0 Å². The fraction of sp³-hybridized carbons (Fsp3) is 0.353. The Labute approximate surface area is 153 Å². The Hall–Kier alpha value is -2.39. The maximum Gasteiger partial charge on any atom is 0.273 e. The van der Waals surface area contributed by atoms with Crippen molar-refractivity contribution < 1.29 is 18.4 Å². The van der Waals surface area contributed by atoms with Crippen molar-refractivity contribution in [2.75, 3.05) is 32.5 Å². The van der Waals surface area contributed by atoms with E-state index in [1.807, 2.05) is 14.1 Å². The molecule has 0 bridgehead atoms. The van der Waals surface area contributed by atoms with Gasteiger partial charge < -0.3 is 9.80 Å². The van der Waals surface area contributed by atoms with Crippen molar-refractivity contribution in [1.82, 2.24) is 14.8 Å². The van der Waals surface area contributed by atoms with Crippen molar-refractivity contribution in [3.8, 4) is 0 Å². The van der Waals surface area contributed by atoms with Gasteiger partial charge in [0, 0.05) is 30.1 Å². The minimum absolute atomic E-state index is 0.0275. The first-order valence-corrected chi connectivity index (χ1v) is 8.90. The summed E-state index contributed by atoms with van der Waals surface area (Å²) in [6.45, 7) is 1.30. The van der Waals surface area contributed by atoms with Gasteiger partial charge in [0.1, 0.15) is 5.69 Å². The molecule has 1 fully saturated rings. The van der Waals surface area contributed by atoms with E-state index >= 15 is 0 Å². The number of rotatable bonds is 4. The highest BCUT2D eigenvalue weighted by molar-refractivity contribution is 7.14. The number of hydrogen-bond acceptors (Lipinski definition) is 5. The number of likely N-dealkylation sites (tertiary alicyclic amines) is 1. The molecule has 6 nitrogen and oxygen atoms in total. The zero-order valence-corrected chi connectivity index (χ0v) is 15.1. The summed E-state index contributed by atoms with van der Waals surface area (Å²) in [5, 5.41) is 4.30. The largest absolute Gasteiger partial charge is 0.336 e. The van der Waals surface area contributed by atoms with E-state index in [0.29, 0.717) is 19.1 Å². The van der Waals surface area contributed by atoms with Gasteiger partial charge in [-0.1, -0.05) is 0 Å². The summed E-state index contributed by atoms with van der Waals surface area (Å²) in [4.78, 5) is 32.6. The highest BCUT2D eigenvalue weighted by Gasteiger charge is 2.29. The van der Waals surface area contributed by atoms with Crippen LogP contribution in [0.3, 0.4) is 0 Å². The van der Waals surface area contributed by atoms with Gasteiger partial charge in [0.25, 0.3) is 11.8 Å². The number of amides is 2. The summed E-state index contributed by atoms with van der Waals surface area (Å²) in [5.74, 6) is -2.92. The molecule has 2 heterocycles. The standard InChI is InChI=1S/C17H18F2N4O2S/c1-22(2)11-5-6-23(8-11)16(25)14-9-26-17(20-14)21-15(24)10-3-4-12(18)13(19)7-10/h3-4,7,9,11H,5-6,8H2,1-2H3,(H,20,21,24)/t11-/m1/s1. The molecule has 2 aromatic rings. The molecule has 9 heteroatoms. The number of carbonyl (C=O) groups is 2. The molecule has 0 unspecified atom stereocenters. The number of nitrogens with zero attached hydrogens (tertiary/aromatic N) is 3. The first-order valence-electron chi connectivity index (χ1n) is 8.03. The number of anilines is 1. The van der Waals surface area contributed by atoms with Gasteiger partial charge in [-0.25, -0.2) is 13.8 Å². The number of likely N-dealkylation sites (N-methyl/N-ethyl adjacent to an activating group) is 1. The molecule has 2 amide bonds. The van der Waals surface area contributed by atoms with Crippen LogP contribution in [0.5, 0.6) is 0 Å². The number of carbonyl (C=O) groups excluding carboxylic acids is 2. The molecule has 0 radical (unpaired) electrons. The van der Waals surface area contributed by atoms with Crippen molar-refractivity contribution >= 4 is 28.3 Å².